The van der Waals surface area contributed by atoms with Crippen molar-refractivity contribution < 1.29 is 23.3 Å². The molecule has 142 valence electrons. The summed E-state index contributed by atoms with van der Waals surface area (Å²) in [7, 11) is 1.11. The number of unbranched alkanes of at least 4 members (excludes halogenated alkanes) is 1. The van der Waals surface area contributed by atoms with Crippen molar-refractivity contribution in [3.63, 3.8) is 0 Å². The van der Waals surface area contributed by atoms with Crippen LogP contribution in [0.3, 0.4) is 0 Å². The number of carbonyl (C=O) groups excluding carboxylic acids is 2. The first-order valence-electron chi connectivity index (χ1n) is 8.88. The molecule has 0 atom stereocenters. The highest BCUT2D eigenvalue weighted by Gasteiger charge is 2.51. The summed E-state index contributed by atoms with van der Waals surface area (Å²) in [5.74, 6) is -0.875. The normalized spacial score (nSPS) is 18.3. The number of Topliss-reactive ketones (excluding diaryl/α,β-unsaturated/α-hetero) is 1. The number of aldehydes is 1. The Balaban J connectivity index is 2.05. The molecule has 0 unspecified atom stereocenters. The second-order valence-corrected chi connectivity index (χ2v) is 7.80. The standard InChI is InChI=1S/C19H27BFNO4/c1-18(2)19(3,4)26-20(25-18)14-8-9-15(16(21)12-14)17(24)13-22(5)10-6-7-11-23/h8-9,11-12H,6-7,10,13H2,1-5H3. The van der Waals surface area contributed by atoms with E-state index in [0.29, 0.717) is 24.8 Å². The zero-order chi connectivity index (χ0) is 19.5. The van der Waals surface area contributed by atoms with Crippen LogP contribution in [0.2, 0.25) is 0 Å². The molecular formula is C19H27BFNO4. The Kier molecular flexibility index (Phi) is 6.37. The molecule has 1 aromatic rings. The number of hydrogen-bond donors (Lipinski definition) is 0. The van der Waals surface area contributed by atoms with Crippen LogP contribution in [0.15, 0.2) is 18.2 Å². The van der Waals surface area contributed by atoms with Crippen molar-refractivity contribution >= 4 is 24.7 Å². The number of halogens is 1. The SMILES string of the molecule is CN(CCCC=O)CC(=O)c1ccc(B2OC(C)(C)C(C)(C)O2)cc1F. The van der Waals surface area contributed by atoms with Gasteiger partial charge in [0.05, 0.1) is 23.3 Å². The van der Waals surface area contributed by atoms with Gasteiger partial charge < -0.3 is 14.1 Å². The van der Waals surface area contributed by atoms with Crippen LogP contribution in [0.5, 0.6) is 0 Å². The average molecular weight is 363 g/mol. The second-order valence-electron chi connectivity index (χ2n) is 7.80. The molecule has 1 saturated heterocycles. The van der Waals surface area contributed by atoms with Gasteiger partial charge in [0.25, 0.3) is 0 Å². The highest BCUT2D eigenvalue weighted by Crippen LogP contribution is 2.36. The van der Waals surface area contributed by atoms with Crippen LogP contribution in [-0.4, -0.2) is 55.4 Å². The summed E-state index contributed by atoms with van der Waals surface area (Å²) in [6.45, 7) is 8.44. The highest BCUT2D eigenvalue weighted by molar-refractivity contribution is 6.62. The largest absolute Gasteiger partial charge is 0.494 e. The van der Waals surface area contributed by atoms with Gasteiger partial charge in [0.15, 0.2) is 5.78 Å². The molecule has 1 heterocycles. The monoisotopic (exact) mass is 363 g/mol. The van der Waals surface area contributed by atoms with E-state index in [-0.39, 0.29) is 17.9 Å². The van der Waals surface area contributed by atoms with Crippen LogP contribution in [-0.2, 0) is 14.1 Å². The lowest BCUT2D eigenvalue weighted by molar-refractivity contribution is -0.107. The van der Waals surface area contributed by atoms with Crippen molar-refractivity contribution in [1.82, 2.24) is 4.90 Å². The molecule has 0 aliphatic carbocycles. The van der Waals surface area contributed by atoms with Gasteiger partial charge in [-0.15, -0.1) is 0 Å². The van der Waals surface area contributed by atoms with E-state index in [4.69, 9.17) is 9.31 Å². The predicted molar refractivity (Wildman–Crippen MR) is 99.2 cm³/mol. The minimum absolute atomic E-state index is 0.0486. The zero-order valence-electron chi connectivity index (χ0n) is 16.2. The summed E-state index contributed by atoms with van der Waals surface area (Å²) in [4.78, 5) is 24.5. The molecule has 0 aromatic heterocycles. The van der Waals surface area contributed by atoms with Gasteiger partial charge in [-0.3, -0.25) is 9.69 Å². The fourth-order valence-electron chi connectivity index (χ4n) is 2.74. The summed E-state index contributed by atoms with van der Waals surface area (Å²) < 4.78 is 26.3. The molecule has 1 aromatic carbocycles. The number of benzene rings is 1. The summed E-state index contributed by atoms with van der Waals surface area (Å²) in [5.41, 5.74) is -0.413. The molecule has 0 spiro atoms. The van der Waals surface area contributed by atoms with Gasteiger partial charge in [-0.25, -0.2) is 4.39 Å². The molecule has 26 heavy (non-hydrogen) atoms. The van der Waals surface area contributed by atoms with Gasteiger partial charge in [0.1, 0.15) is 12.1 Å². The topological polar surface area (TPSA) is 55.8 Å². The lowest BCUT2D eigenvalue weighted by Gasteiger charge is -2.32. The van der Waals surface area contributed by atoms with Gasteiger partial charge in [-0.05, 0) is 65.3 Å². The Hall–Kier alpha value is -1.57. The Morgan fingerprint density at radius 2 is 1.85 bits per heavy atom. The van der Waals surface area contributed by atoms with E-state index in [1.54, 1.807) is 18.0 Å². The minimum Gasteiger partial charge on any atom is -0.399 e. The first kappa shape index (κ1) is 20.7. The fraction of sp³-hybridized carbons (Fsp3) is 0.579. The molecule has 0 saturated carbocycles. The van der Waals surface area contributed by atoms with Crippen molar-refractivity contribution in [3.05, 3.63) is 29.6 Å². The van der Waals surface area contributed by atoms with Crippen LogP contribution >= 0.6 is 0 Å². The van der Waals surface area contributed by atoms with Crippen LogP contribution in [0, 0.1) is 5.82 Å². The maximum atomic E-state index is 14.5. The quantitative estimate of drug-likeness (QED) is 0.307. The van der Waals surface area contributed by atoms with Gasteiger partial charge in [0.2, 0.25) is 0 Å². The van der Waals surface area contributed by atoms with Crippen molar-refractivity contribution in [2.45, 2.75) is 51.7 Å². The third-order valence-corrected chi connectivity index (χ3v) is 5.09. The third kappa shape index (κ3) is 4.58. The van der Waals surface area contributed by atoms with E-state index in [1.807, 2.05) is 27.7 Å². The summed E-state index contributed by atoms with van der Waals surface area (Å²) in [6.07, 6.45) is 1.98. The van der Waals surface area contributed by atoms with Crippen molar-refractivity contribution in [3.8, 4) is 0 Å². The Bertz CT molecular complexity index is 662. The number of likely N-dealkylation sites (N-methyl/N-ethyl adjacent to an activating group) is 1. The lowest BCUT2D eigenvalue weighted by atomic mass is 9.78. The van der Waals surface area contributed by atoms with E-state index in [9.17, 15) is 14.0 Å². The van der Waals surface area contributed by atoms with Crippen LogP contribution in [0.4, 0.5) is 4.39 Å². The number of carbonyl (C=O) groups is 2. The van der Waals surface area contributed by atoms with Gasteiger partial charge in [0, 0.05) is 6.42 Å². The van der Waals surface area contributed by atoms with E-state index in [0.717, 1.165) is 6.29 Å². The Morgan fingerprint density at radius 1 is 1.23 bits per heavy atom. The van der Waals surface area contributed by atoms with Crippen molar-refractivity contribution in [2.24, 2.45) is 0 Å². The van der Waals surface area contributed by atoms with E-state index < -0.39 is 24.1 Å². The molecule has 1 aliphatic rings. The van der Waals surface area contributed by atoms with E-state index in [1.165, 1.54) is 12.1 Å². The molecule has 0 bridgehead atoms. The maximum absolute atomic E-state index is 14.5. The van der Waals surface area contributed by atoms with Gasteiger partial charge >= 0.3 is 7.12 Å². The number of nitrogens with zero attached hydrogens (tertiary/aromatic N) is 1. The highest BCUT2D eigenvalue weighted by atomic mass is 19.1. The molecule has 1 aliphatic heterocycles. The zero-order valence-corrected chi connectivity index (χ0v) is 16.2. The van der Waals surface area contributed by atoms with Gasteiger partial charge in [-0.2, -0.15) is 0 Å². The smallest absolute Gasteiger partial charge is 0.399 e. The first-order valence-corrected chi connectivity index (χ1v) is 8.88. The summed E-state index contributed by atoms with van der Waals surface area (Å²) >= 11 is 0. The molecule has 0 N–H and O–H groups in total. The number of rotatable bonds is 8. The fourth-order valence-corrected chi connectivity index (χ4v) is 2.74. The summed E-state index contributed by atoms with van der Waals surface area (Å²) in [5, 5.41) is 0. The lowest BCUT2D eigenvalue weighted by Crippen LogP contribution is -2.41. The number of hydrogen-bond acceptors (Lipinski definition) is 5. The van der Waals surface area contributed by atoms with E-state index >= 15 is 0 Å². The molecular weight excluding hydrogens is 336 g/mol. The molecule has 0 radical (unpaired) electrons. The molecule has 5 nitrogen and oxygen atoms in total. The van der Waals surface area contributed by atoms with Crippen LogP contribution in [0.25, 0.3) is 0 Å². The maximum Gasteiger partial charge on any atom is 0.494 e. The minimum atomic E-state index is -0.662. The molecule has 0 amide bonds. The third-order valence-electron chi connectivity index (χ3n) is 5.09. The van der Waals surface area contributed by atoms with Crippen molar-refractivity contribution in [2.75, 3.05) is 20.1 Å². The van der Waals surface area contributed by atoms with Crippen LogP contribution in [0.1, 0.15) is 50.9 Å². The molecule has 1 fully saturated rings. The van der Waals surface area contributed by atoms with Crippen LogP contribution < -0.4 is 5.46 Å². The summed E-state index contributed by atoms with van der Waals surface area (Å²) in [6, 6.07) is 4.46. The Morgan fingerprint density at radius 3 is 2.38 bits per heavy atom. The van der Waals surface area contributed by atoms with Gasteiger partial charge in [-0.1, -0.05) is 6.07 Å². The Labute approximate surface area is 155 Å². The second kappa shape index (κ2) is 7.98. The average Bonchev–Trinajstić information content (AvgIpc) is 2.75. The number of ketones is 1. The first-order chi connectivity index (χ1) is 12.1. The predicted octanol–water partition coefficient (Wildman–Crippen LogP) is 2.22. The van der Waals surface area contributed by atoms with Crippen molar-refractivity contribution in [1.29, 1.82) is 0 Å². The molecule has 2 rings (SSSR count). The van der Waals surface area contributed by atoms with E-state index in [2.05, 4.69) is 0 Å². The molecule has 7 heteroatoms.